The SMILES string of the molecule is N=C1CC(c2ccccc2)(c2ccccc2)C(=O)N1CC1CCN(S(O)(O)c2ccc3ccccc3c2)CC1. The van der Waals surface area contributed by atoms with Crippen molar-refractivity contribution in [2.24, 2.45) is 5.92 Å². The number of likely N-dealkylation sites (tertiary alicyclic amines) is 1. The molecule has 39 heavy (non-hydrogen) atoms. The first-order valence-electron chi connectivity index (χ1n) is 13.4. The maximum Gasteiger partial charge on any atom is 0.243 e. The van der Waals surface area contributed by atoms with Crippen LogP contribution in [-0.4, -0.2) is 49.7 Å². The summed E-state index contributed by atoms with van der Waals surface area (Å²) >= 11 is 0. The Kier molecular flexibility index (Phi) is 6.77. The minimum Gasteiger partial charge on any atom is -0.299 e. The van der Waals surface area contributed by atoms with Gasteiger partial charge in [-0.05, 0) is 52.8 Å². The third kappa shape index (κ3) is 4.55. The van der Waals surface area contributed by atoms with Crippen LogP contribution in [0.1, 0.15) is 30.4 Å². The van der Waals surface area contributed by atoms with Gasteiger partial charge in [-0.2, -0.15) is 0 Å². The van der Waals surface area contributed by atoms with E-state index in [-0.39, 0.29) is 11.8 Å². The minimum absolute atomic E-state index is 0.0484. The summed E-state index contributed by atoms with van der Waals surface area (Å²) in [5.74, 6) is 0.475. The normalized spacial score (nSPS) is 19.1. The maximum atomic E-state index is 14.1. The number of carbonyl (C=O) groups excluding carboxylic acids is 1. The molecule has 0 radical (unpaired) electrons. The van der Waals surface area contributed by atoms with Crippen LogP contribution in [0.15, 0.2) is 108 Å². The monoisotopic (exact) mass is 539 g/mol. The number of carbonyl (C=O) groups is 1. The number of piperidine rings is 1. The average molecular weight is 540 g/mol. The topological polar surface area (TPSA) is 87.9 Å². The van der Waals surface area contributed by atoms with Crippen LogP contribution in [-0.2, 0) is 10.2 Å². The van der Waals surface area contributed by atoms with Gasteiger partial charge in [0.05, 0.1) is 4.90 Å². The first kappa shape index (κ1) is 25.8. The van der Waals surface area contributed by atoms with Crippen molar-refractivity contribution >= 4 is 33.3 Å². The molecule has 0 aliphatic carbocycles. The zero-order valence-corrected chi connectivity index (χ0v) is 22.6. The van der Waals surface area contributed by atoms with Crippen LogP contribution in [0.5, 0.6) is 0 Å². The van der Waals surface area contributed by atoms with Crippen molar-refractivity contribution in [3.8, 4) is 0 Å². The van der Waals surface area contributed by atoms with Gasteiger partial charge in [0.1, 0.15) is 11.3 Å². The second kappa shape index (κ2) is 10.2. The molecule has 7 heteroatoms. The molecule has 0 bridgehead atoms. The third-order valence-electron chi connectivity index (χ3n) is 8.31. The zero-order valence-electron chi connectivity index (χ0n) is 21.7. The van der Waals surface area contributed by atoms with Gasteiger partial charge in [0, 0.05) is 26.1 Å². The van der Waals surface area contributed by atoms with E-state index < -0.39 is 16.2 Å². The Morgan fingerprint density at radius 3 is 1.97 bits per heavy atom. The molecule has 1 amide bonds. The standard InChI is InChI=1S/C32H33N3O3S/c33-30-22-32(27-11-3-1-4-12-27,28-13-5-2-6-14-28)31(36)35(30)23-24-17-19-34(20-18-24)39(37,38)29-16-15-25-9-7-8-10-26(25)21-29/h1-16,21,24,33,37-38H,17-20,22-23H2. The first-order chi connectivity index (χ1) is 18.9. The number of amidine groups is 1. The molecule has 6 rings (SSSR count). The molecule has 2 heterocycles. The number of hydrogen-bond donors (Lipinski definition) is 3. The number of fused-ring (bicyclic) bond motifs is 1. The van der Waals surface area contributed by atoms with E-state index in [4.69, 9.17) is 5.41 Å². The molecule has 2 saturated heterocycles. The van der Waals surface area contributed by atoms with Gasteiger partial charge in [-0.1, -0.05) is 91.0 Å². The summed E-state index contributed by atoms with van der Waals surface area (Å²) in [6, 6.07) is 33.1. The van der Waals surface area contributed by atoms with Crippen molar-refractivity contribution < 1.29 is 13.9 Å². The number of rotatable bonds is 6. The van der Waals surface area contributed by atoms with Crippen molar-refractivity contribution in [2.75, 3.05) is 19.6 Å². The van der Waals surface area contributed by atoms with E-state index in [1.807, 2.05) is 97.1 Å². The number of nitrogens with one attached hydrogen (secondary N) is 1. The summed E-state index contributed by atoms with van der Waals surface area (Å²) in [4.78, 5) is 16.3. The molecule has 4 aromatic carbocycles. The molecule has 2 fully saturated rings. The van der Waals surface area contributed by atoms with Gasteiger partial charge >= 0.3 is 0 Å². The fourth-order valence-electron chi connectivity index (χ4n) is 6.12. The number of amides is 1. The van der Waals surface area contributed by atoms with Gasteiger partial charge in [-0.3, -0.25) is 24.2 Å². The molecule has 0 atom stereocenters. The summed E-state index contributed by atoms with van der Waals surface area (Å²) in [6.45, 7) is 1.53. The smallest absolute Gasteiger partial charge is 0.243 e. The lowest BCUT2D eigenvalue weighted by Gasteiger charge is -2.46. The Labute approximate surface area is 230 Å². The highest BCUT2D eigenvalue weighted by Crippen LogP contribution is 2.53. The molecule has 6 nitrogen and oxygen atoms in total. The van der Waals surface area contributed by atoms with Crippen molar-refractivity contribution in [1.29, 1.82) is 5.41 Å². The Hall–Kier alpha value is -3.49. The highest BCUT2D eigenvalue weighted by molar-refractivity contribution is 8.22. The van der Waals surface area contributed by atoms with Gasteiger partial charge in [0.25, 0.3) is 0 Å². The summed E-state index contributed by atoms with van der Waals surface area (Å²) in [5, 5.41) is 10.9. The van der Waals surface area contributed by atoms with Crippen LogP contribution in [0.2, 0.25) is 0 Å². The van der Waals surface area contributed by atoms with Gasteiger partial charge in [0.2, 0.25) is 5.91 Å². The Morgan fingerprint density at radius 1 is 0.795 bits per heavy atom. The van der Waals surface area contributed by atoms with E-state index in [1.165, 1.54) is 0 Å². The van der Waals surface area contributed by atoms with Crippen LogP contribution in [0.4, 0.5) is 0 Å². The molecule has 0 unspecified atom stereocenters. The van der Waals surface area contributed by atoms with Crippen molar-refractivity contribution in [1.82, 2.24) is 9.21 Å². The molecule has 3 N–H and O–H groups in total. The Morgan fingerprint density at radius 2 is 1.36 bits per heavy atom. The summed E-state index contributed by atoms with van der Waals surface area (Å²) in [5.41, 5.74) is 0.923. The van der Waals surface area contributed by atoms with E-state index in [0.29, 0.717) is 36.8 Å². The quantitative estimate of drug-likeness (QED) is 0.252. The lowest BCUT2D eigenvalue weighted by molar-refractivity contribution is -0.130. The highest BCUT2D eigenvalue weighted by atomic mass is 32.3. The fourth-order valence-corrected chi connectivity index (χ4v) is 7.68. The van der Waals surface area contributed by atoms with E-state index >= 15 is 0 Å². The Balaban J connectivity index is 1.18. The lowest BCUT2D eigenvalue weighted by atomic mass is 9.73. The van der Waals surface area contributed by atoms with Gasteiger partial charge in [0.15, 0.2) is 0 Å². The predicted octanol–water partition coefficient (Wildman–Crippen LogP) is 6.77. The number of nitrogens with zero attached hydrogens (tertiary/aromatic N) is 2. The lowest BCUT2D eigenvalue weighted by Crippen LogP contribution is -2.44. The number of hydrogen-bond acceptors (Lipinski definition) is 5. The predicted molar refractivity (Wildman–Crippen MR) is 157 cm³/mol. The summed E-state index contributed by atoms with van der Waals surface area (Å²) in [6.07, 6.45) is 1.79. The molecule has 2 aliphatic heterocycles. The molecule has 200 valence electrons. The molecule has 0 saturated carbocycles. The fraction of sp³-hybridized carbons (Fsp3) is 0.250. The van der Waals surface area contributed by atoms with Gasteiger partial charge in [-0.25, -0.2) is 4.31 Å². The Bertz CT molecular complexity index is 1460. The largest absolute Gasteiger partial charge is 0.299 e. The van der Waals surface area contributed by atoms with Crippen LogP contribution in [0.3, 0.4) is 0 Å². The van der Waals surface area contributed by atoms with Gasteiger partial charge < -0.3 is 0 Å². The number of benzene rings is 4. The second-order valence-corrected chi connectivity index (χ2v) is 12.6. The first-order valence-corrected chi connectivity index (χ1v) is 14.9. The third-order valence-corrected chi connectivity index (χ3v) is 10.3. The van der Waals surface area contributed by atoms with Gasteiger partial charge in [-0.15, -0.1) is 10.8 Å². The van der Waals surface area contributed by atoms with Crippen LogP contribution < -0.4 is 0 Å². The van der Waals surface area contributed by atoms with E-state index in [9.17, 15) is 13.9 Å². The summed E-state index contributed by atoms with van der Waals surface area (Å²) in [7, 11) is -3.11. The average Bonchev–Trinajstić information content (AvgIpc) is 3.24. The van der Waals surface area contributed by atoms with Crippen LogP contribution in [0, 0.1) is 11.3 Å². The van der Waals surface area contributed by atoms with E-state index in [2.05, 4.69) is 0 Å². The summed E-state index contributed by atoms with van der Waals surface area (Å²) < 4.78 is 24.2. The highest BCUT2D eigenvalue weighted by Gasteiger charge is 2.52. The molecule has 2 aliphatic rings. The van der Waals surface area contributed by atoms with Crippen molar-refractivity contribution in [2.45, 2.75) is 29.6 Å². The minimum atomic E-state index is -3.11. The van der Waals surface area contributed by atoms with Crippen molar-refractivity contribution in [3.63, 3.8) is 0 Å². The van der Waals surface area contributed by atoms with E-state index in [1.54, 1.807) is 15.3 Å². The molecule has 0 spiro atoms. The van der Waals surface area contributed by atoms with Crippen molar-refractivity contribution in [3.05, 3.63) is 114 Å². The van der Waals surface area contributed by atoms with Crippen LogP contribution in [0.25, 0.3) is 10.8 Å². The molecule has 4 aromatic rings. The maximum absolute atomic E-state index is 14.1. The van der Waals surface area contributed by atoms with E-state index in [0.717, 1.165) is 34.7 Å². The molecule has 0 aromatic heterocycles. The molecular weight excluding hydrogens is 506 g/mol. The zero-order chi connectivity index (χ0) is 27.0. The molecular formula is C32H33N3O3S. The second-order valence-electron chi connectivity index (χ2n) is 10.6. The van der Waals surface area contributed by atoms with Crippen LogP contribution >= 0.6 is 10.8 Å².